The van der Waals surface area contributed by atoms with Gasteiger partial charge in [0.15, 0.2) is 11.6 Å². The molecule has 2 saturated heterocycles. The minimum Gasteiger partial charge on any atom is -0.396 e. The standard InChI is InChI=1S/C21H35N7O/c1-17-19(15-24-25(17)2)16-26-10-12-28(13-11-26)21-20(22-6-7-23-21)27-8-3-18(4-9-27)5-14-29/h6-7,15,17-19,29H,3-5,8-14,16H2,1-2H3. The van der Waals surface area contributed by atoms with Crippen LogP contribution in [-0.4, -0.2) is 96.7 Å². The zero-order valence-electron chi connectivity index (χ0n) is 17.8. The van der Waals surface area contributed by atoms with Gasteiger partial charge in [0.05, 0.1) is 6.04 Å². The molecule has 8 nitrogen and oxygen atoms in total. The molecular formula is C21H35N7O. The topological polar surface area (TPSA) is 71.3 Å². The predicted molar refractivity (Wildman–Crippen MR) is 117 cm³/mol. The molecule has 4 heterocycles. The van der Waals surface area contributed by atoms with Crippen molar-refractivity contribution < 1.29 is 5.11 Å². The predicted octanol–water partition coefficient (Wildman–Crippen LogP) is 1.13. The summed E-state index contributed by atoms with van der Waals surface area (Å²) in [5.41, 5.74) is 0. The van der Waals surface area contributed by atoms with Crippen LogP contribution in [0.4, 0.5) is 11.6 Å². The highest BCUT2D eigenvalue weighted by molar-refractivity contribution is 5.64. The molecule has 3 aliphatic rings. The van der Waals surface area contributed by atoms with Crippen LogP contribution in [0.1, 0.15) is 26.2 Å². The molecule has 0 saturated carbocycles. The first-order chi connectivity index (χ1) is 14.2. The number of aliphatic hydroxyl groups excluding tert-OH is 1. The van der Waals surface area contributed by atoms with Crippen LogP contribution in [0.2, 0.25) is 0 Å². The monoisotopic (exact) mass is 401 g/mol. The molecule has 1 aromatic rings. The molecule has 0 bridgehead atoms. The Bertz CT molecular complexity index is 683. The first kappa shape index (κ1) is 20.3. The number of piperazine rings is 1. The number of aliphatic hydroxyl groups is 1. The molecule has 4 rings (SSSR count). The maximum atomic E-state index is 9.20. The average molecular weight is 402 g/mol. The number of nitrogens with zero attached hydrogens (tertiary/aromatic N) is 7. The maximum Gasteiger partial charge on any atom is 0.172 e. The summed E-state index contributed by atoms with van der Waals surface area (Å²) in [5, 5.41) is 15.7. The van der Waals surface area contributed by atoms with Gasteiger partial charge in [-0.3, -0.25) is 9.91 Å². The Morgan fingerprint density at radius 3 is 2.14 bits per heavy atom. The number of hydrazone groups is 1. The summed E-state index contributed by atoms with van der Waals surface area (Å²) < 4.78 is 0. The number of piperidine rings is 1. The first-order valence-electron chi connectivity index (χ1n) is 11.1. The fourth-order valence-electron chi connectivity index (χ4n) is 4.72. The summed E-state index contributed by atoms with van der Waals surface area (Å²) in [5.74, 6) is 3.21. The van der Waals surface area contributed by atoms with Gasteiger partial charge >= 0.3 is 0 Å². The van der Waals surface area contributed by atoms with Crippen LogP contribution in [0.3, 0.4) is 0 Å². The van der Waals surface area contributed by atoms with Gasteiger partial charge in [-0.05, 0) is 32.1 Å². The molecule has 0 amide bonds. The van der Waals surface area contributed by atoms with E-state index in [9.17, 15) is 5.11 Å². The first-order valence-corrected chi connectivity index (χ1v) is 11.1. The van der Waals surface area contributed by atoms with Crippen LogP contribution in [0, 0.1) is 11.8 Å². The van der Waals surface area contributed by atoms with E-state index in [1.54, 1.807) is 0 Å². The fraction of sp³-hybridized carbons (Fsp3) is 0.762. The van der Waals surface area contributed by atoms with Gasteiger partial charge in [-0.25, -0.2) is 9.97 Å². The molecule has 2 unspecified atom stereocenters. The van der Waals surface area contributed by atoms with E-state index in [0.717, 1.165) is 76.7 Å². The highest BCUT2D eigenvalue weighted by atomic mass is 16.3. The highest BCUT2D eigenvalue weighted by Crippen LogP contribution is 2.30. The quantitative estimate of drug-likeness (QED) is 0.766. The zero-order valence-corrected chi connectivity index (χ0v) is 17.8. The molecule has 2 fully saturated rings. The summed E-state index contributed by atoms with van der Waals surface area (Å²) in [6, 6.07) is 0.480. The van der Waals surface area contributed by atoms with Gasteiger partial charge in [-0.2, -0.15) is 5.10 Å². The zero-order chi connectivity index (χ0) is 20.2. The van der Waals surface area contributed by atoms with Gasteiger partial charge in [-0.15, -0.1) is 0 Å². The molecule has 3 aliphatic heterocycles. The van der Waals surface area contributed by atoms with E-state index in [0.29, 0.717) is 24.5 Å². The summed E-state index contributed by atoms with van der Waals surface area (Å²) in [6.07, 6.45) is 8.91. The summed E-state index contributed by atoms with van der Waals surface area (Å²) in [7, 11) is 2.06. The molecular weight excluding hydrogens is 366 g/mol. The van der Waals surface area contributed by atoms with Crippen molar-refractivity contribution in [2.75, 3.05) is 69.3 Å². The number of rotatable bonds is 6. The van der Waals surface area contributed by atoms with Crippen LogP contribution >= 0.6 is 0 Å². The molecule has 2 atom stereocenters. The molecule has 0 aliphatic carbocycles. The lowest BCUT2D eigenvalue weighted by Gasteiger charge is -2.39. The van der Waals surface area contributed by atoms with Gasteiger partial charge in [-0.1, -0.05) is 0 Å². The van der Waals surface area contributed by atoms with Crippen molar-refractivity contribution in [2.45, 2.75) is 32.2 Å². The molecule has 1 aromatic heterocycles. The van der Waals surface area contributed by atoms with Crippen LogP contribution in [0.5, 0.6) is 0 Å². The van der Waals surface area contributed by atoms with Gasteiger partial charge < -0.3 is 14.9 Å². The third-order valence-corrected chi connectivity index (χ3v) is 6.90. The van der Waals surface area contributed by atoms with E-state index in [1.807, 2.05) is 12.4 Å². The van der Waals surface area contributed by atoms with E-state index in [2.05, 4.69) is 45.0 Å². The Kier molecular flexibility index (Phi) is 6.50. The minimum atomic E-state index is 0.299. The Morgan fingerprint density at radius 1 is 0.966 bits per heavy atom. The molecule has 0 radical (unpaired) electrons. The normalized spacial score (nSPS) is 26.5. The van der Waals surface area contributed by atoms with Crippen molar-refractivity contribution in [3.05, 3.63) is 12.4 Å². The second-order valence-electron chi connectivity index (χ2n) is 8.68. The van der Waals surface area contributed by atoms with Gasteiger partial charge in [0.2, 0.25) is 0 Å². The van der Waals surface area contributed by atoms with Gasteiger partial charge in [0.25, 0.3) is 0 Å². The lowest BCUT2D eigenvalue weighted by molar-refractivity contribution is 0.193. The third-order valence-electron chi connectivity index (χ3n) is 6.90. The Morgan fingerprint density at radius 2 is 1.59 bits per heavy atom. The molecule has 160 valence electrons. The van der Waals surface area contributed by atoms with Crippen molar-refractivity contribution in [1.82, 2.24) is 19.9 Å². The van der Waals surface area contributed by atoms with Crippen LogP contribution in [0.15, 0.2) is 17.5 Å². The van der Waals surface area contributed by atoms with E-state index in [4.69, 9.17) is 9.97 Å². The van der Waals surface area contributed by atoms with E-state index in [1.165, 1.54) is 0 Å². The number of anilines is 2. The van der Waals surface area contributed by atoms with Crippen molar-refractivity contribution in [3.63, 3.8) is 0 Å². The average Bonchev–Trinajstić information content (AvgIpc) is 3.07. The third kappa shape index (κ3) is 4.64. The van der Waals surface area contributed by atoms with Crippen molar-refractivity contribution in [3.8, 4) is 0 Å². The van der Waals surface area contributed by atoms with Gasteiger partial charge in [0.1, 0.15) is 0 Å². The number of hydrogen-bond acceptors (Lipinski definition) is 8. The second-order valence-corrected chi connectivity index (χ2v) is 8.68. The van der Waals surface area contributed by atoms with Crippen molar-refractivity contribution in [1.29, 1.82) is 0 Å². The number of hydrogen-bond donors (Lipinski definition) is 1. The SMILES string of the molecule is CC1C(CN2CCN(c3nccnc3N3CCC(CCO)CC3)CC2)C=NN1C. The van der Waals surface area contributed by atoms with Gasteiger partial charge in [0, 0.05) is 84.0 Å². The van der Waals surface area contributed by atoms with Crippen LogP contribution in [-0.2, 0) is 0 Å². The van der Waals surface area contributed by atoms with Crippen molar-refractivity contribution in [2.24, 2.45) is 16.9 Å². The summed E-state index contributed by atoms with van der Waals surface area (Å²) >= 11 is 0. The second kappa shape index (κ2) is 9.26. The highest BCUT2D eigenvalue weighted by Gasteiger charge is 2.29. The summed E-state index contributed by atoms with van der Waals surface area (Å²) in [4.78, 5) is 16.8. The maximum absolute atomic E-state index is 9.20. The molecule has 0 spiro atoms. The van der Waals surface area contributed by atoms with E-state index in [-0.39, 0.29) is 0 Å². The van der Waals surface area contributed by atoms with Crippen molar-refractivity contribution >= 4 is 17.9 Å². The Balaban J connectivity index is 1.34. The van der Waals surface area contributed by atoms with E-state index >= 15 is 0 Å². The molecule has 0 aromatic carbocycles. The largest absolute Gasteiger partial charge is 0.396 e. The molecule has 8 heteroatoms. The molecule has 29 heavy (non-hydrogen) atoms. The smallest absolute Gasteiger partial charge is 0.172 e. The Labute approximate surface area is 174 Å². The molecule has 1 N–H and O–H groups in total. The van der Waals surface area contributed by atoms with Crippen LogP contribution < -0.4 is 9.80 Å². The minimum absolute atomic E-state index is 0.299. The number of aromatic nitrogens is 2. The fourth-order valence-corrected chi connectivity index (χ4v) is 4.72. The Hall–Kier alpha value is -1.93. The van der Waals surface area contributed by atoms with E-state index < -0.39 is 0 Å². The van der Waals surface area contributed by atoms with Crippen LogP contribution in [0.25, 0.3) is 0 Å². The lowest BCUT2D eigenvalue weighted by Crippen LogP contribution is -2.49. The lowest BCUT2D eigenvalue weighted by atomic mass is 9.94. The summed E-state index contributed by atoms with van der Waals surface area (Å²) in [6.45, 7) is 9.71.